The summed E-state index contributed by atoms with van der Waals surface area (Å²) < 4.78 is 0. The number of piperazine rings is 1. The molecule has 0 saturated carbocycles. The van der Waals surface area contributed by atoms with E-state index in [-0.39, 0.29) is 24.8 Å². The third-order valence-corrected chi connectivity index (χ3v) is 3.27. The molecule has 0 aliphatic carbocycles. The fourth-order valence-corrected chi connectivity index (χ4v) is 2.27. The Kier molecular flexibility index (Phi) is 7.92. The van der Waals surface area contributed by atoms with Crippen molar-refractivity contribution in [2.75, 3.05) is 52.9 Å². The van der Waals surface area contributed by atoms with Gasteiger partial charge in [0.2, 0.25) is 0 Å². The zero-order chi connectivity index (χ0) is 9.10. The van der Waals surface area contributed by atoms with Gasteiger partial charge in [0, 0.05) is 32.7 Å². The third kappa shape index (κ3) is 4.87. The van der Waals surface area contributed by atoms with Gasteiger partial charge in [-0.25, -0.2) is 0 Å². The topological polar surface area (TPSA) is 18.5 Å². The highest BCUT2D eigenvalue weighted by atomic mass is 35.5. The van der Waals surface area contributed by atoms with E-state index in [4.69, 9.17) is 0 Å². The number of nitrogens with zero attached hydrogens (tertiary/aromatic N) is 2. The van der Waals surface area contributed by atoms with E-state index in [1.54, 1.807) is 0 Å². The molecule has 2 aliphatic heterocycles. The Balaban J connectivity index is 0.000000980. The third-order valence-electron chi connectivity index (χ3n) is 3.27. The Labute approximate surface area is 105 Å². The molecule has 2 heterocycles. The Hall–Kier alpha value is 0.460. The second kappa shape index (κ2) is 7.69. The quantitative estimate of drug-likeness (QED) is 0.784. The summed E-state index contributed by atoms with van der Waals surface area (Å²) in [6.45, 7) is 8.84. The van der Waals surface area contributed by atoms with Crippen LogP contribution in [0.25, 0.3) is 0 Å². The van der Waals surface area contributed by atoms with Gasteiger partial charge in [0.1, 0.15) is 0 Å². The lowest BCUT2D eigenvalue weighted by molar-refractivity contribution is 0.139. The number of hydrogen-bond acceptors (Lipinski definition) is 3. The highest BCUT2D eigenvalue weighted by Crippen LogP contribution is 2.10. The van der Waals surface area contributed by atoms with Crippen LogP contribution in [-0.4, -0.2) is 62.7 Å². The van der Waals surface area contributed by atoms with Crippen molar-refractivity contribution in [3.63, 3.8) is 0 Å². The van der Waals surface area contributed by atoms with Crippen molar-refractivity contribution in [2.45, 2.75) is 6.42 Å². The standard InChI is InChI=1S/C10H21N3.2ClH/c1-12-4-6-13(7-5-12)9-10-2-3-11-8-10;;/h10-11H,2-9H2,1H3;2*1H. The van der Waals surface area contributed by atoms with Gasteiger partial charge in [-0.2, -0.15) is 0 Å². The Morgan fingerprint density at radius 1 is 1.13 bits per heavy atom. The van der Waals surface area contributed by atoms with E-state index in [9.17, 15) is 0 Å². The second-order valence-corrected chi connectivity index (χ2v) is 4.46. The normalized spacial score (nSPS) is 28.2. The number of hydrogen-bond donors (Lipinski definition) is 1. The smallest absolute Gasteiger partial charge is 0.0110 e. The van der Waals surface area contributed by atoms with Gasteiger partial charge in [-0.05, 0) is 32.5 Å². The van der Waals surface area contributed by atoms with Crippen molar-refractivity contribution in [1.82, 2.24) is 15.1 Å². The molecule has 5 heteroatoms. The Morgan fingerprint density at radius 3 is 2.33 bits per heavy atom. The van der Waals surface area contributed by atoms with Crippen LogP contribution in [-0.2, 0) is 0 Å². The van der Waals surface area contributed by atoms with Crippen LogP contribution >= 0.6 is 24.8 Å². The molecule has 2 aliphatic rings. The van der Waals surface area contributed by atoms with E-state index in [0.717, 1.165) is 5.92 Å². The zero-order valence-corrected chi connectivity index (χ0v) is 11.1. The molecule has 2 saturated heterocycles. The Bertz CT molecular complexity index is 155. The minimum absolute atomic E-state index is 0. The molecular weight excluding hydrogens is 233 g/mol. The van der Waals surface area contributed by atoms with E-state index in [1.165, 1.54) is 52.2 Å². The first-order chi connectivity index (χ1) is 6.34. The average Bonchev–Trinajstić information content (AvgIpc) is 2.62. The van der Waals surface area contributed by atoms with Gasteiger partial charge in [0.15, 0.2) is 0 Å². The van der Waals surface area contributed by atoms with Gasteiger partial charge in [0.25, 0.3) is 0 Å². The van der Waals surface area contributed by atoms with E-state index in [0.29, 0.717) is 0 Å². The van der Waals surface area contributed by atoms with Crippen LogP contribution in [0, 0.1) is 5.92 Å². The van der Waals surface area contributed by atoms with Gasteiger partial charge >= 0.3 is 0 Å². The number of likely N-dealkylation sites (N-methyl/N-ethyl adjacent to an activating group) is 1. The highest BCUT2D eigenvalue weighted by molar-refractivity contribution is 5.85. The highest BCUT2D eigenvalue weighted by Gasteiger charge is 2.20. The van der Waals surface area contributed by atoms with Crippen molar-refractivity contribution < 1.29 is 0 Å². The van der Waals surface area contributed by atoms with E-state index < -0.39 is 0 Å². The predicted octanol–water partition coefficient (Wildman–Crippen LogP) is 0.687. The van der Waals surface area contributed by atoms with Crippen molar-refractivity contribution in [3.8, 4) is 0 Å². The maximum absolute atomic E-state index is 3.43. The van der Waals surface area contributed by atoms with E-state index in [1.807, 2.05) is 0 Å². The van der Waals surface area contributed by atoms with Crippen LogP contribution < -0.4 is 5.32 Å². The largest absolute Gasteiger partial charge is 0.316 e. The molecule has 0 aromatic rings. The molecule has 1 atom stereocenters. The molecule has 0 amide bonds. The van der Waals surface area contributed by atoms with Crippen LogP contribution in [0.4, 0.5) is 0 Å². The molecular formula is C10H23Cl2N3. The minimum Gasteiger partial charge on any atom is -0.316 e. The van der Waals surface area contributed by atoms with Crippen LogP contribution in [0.15, 0.2) is 0 Å². The summed E-state index contributed by atoms with van der Waals surface area (Å²) in [6.07, 6.45) is 1.38. The minimum atomic E-state index is 0. The van der Waals surface area contributed by atoms with Crippen LogP contribution in [0.3, 0.4) is 0 Å². The first-order valence-electron chi connectivity index (χ1n) is 5.46. The predicted molar refractivity (Wildman–Crippen MR) is 69.4 cm³/mol. The molecule has 15 heavy (non-hydrogen) atoms. The number of halogens is 2. The SMILES string of the molecule is CN1CCN(CC2CCNC2)CC1.Cl.Cl. The summed E-state index contributed by atoms with van der Waals surface area (Å²) in [7, 11) is 2.22. The summed E-state index contributed by atoms with van der Waals surface area (Å²) in [5.74, 6) is 0.920. The van der Waals surface area contributed by atoms with Gasteiger partial charge in [-0.15, -0.1) is 24.8 Å². The van der Waals surface area contributed by atoms with Crippen LogP contribution in [0.5, 0.6) is 0 Å². The van der Waals surface area contributed by atoms with Crippen molar-refractivity contribution >= 4 is 24.8 Å². The van der Waals surface area contributed by atoms with Gasteiger partial charge in [-0.1, -0.05) is 0 Å². The molecule has 0 spiro atoms. The van der Waals surface area contributed by atoms with Gasteiger partial charge in [0.05, 0.1) is 0 Å². The maximum atomic E-state index is 3.43. The van der Waals surface area contributed by atoms with Crippen LogP contribution in [0.1, 0.15) is 6.42 Å². The van der Waals surface area contributed by atoms with Crippen molar-refractivity contribution in [1.29, 1.82) is 0 Å². The van der Waals surface area contributed by atoms with Gasteiger partial charge in [-0.3, -0.25) is 0 Å². The lowest BCUT2D eigenvalue weighted by Gasteiger charge is -2.33. The summed E-state index contributed by atoms with van der Waals surface area (Å²) in [6, 6.07) is 0. The van der Waals surface area contributed by atoms with Crippen molar-refractivity contribution in [2.24, 2.45) is 5.92 Å². The lowest BCUT2D eigenvalue weighted by atomic mass is 10.1. The molecule has 1 N–H and O–H groups in total. The number of nitrogens with one attached hydrogen (secondary N) is 1. The summed E-state index contributed by atoms with van der Waals surface area (Å²) in [5, 5.41) is 3.43. The summed E-state index contributed by atoms with van der Waals surface area (Å²) >= 11 is 0. The van der Waals surface area contributed by atoms with Crippen LogP contribution in [0.2, 0.25) is 0 Å². The maximum Gasteiger partial charge on any atom is 0.0110 e. The average molecular weight is 256 g/mol. The molecule has 0 aromatic heterocycles. The summed E-state index contributed by atoms with van der Waals surface area (Å²) in [4.78, 5) is 5.04. The Morgan fingerprint density at radius 2 is 1.80 bits per heavy atom. The van der Waals surface area contributed by atoms with E-state index >= 15 is 0 Å². The molecule has 92 valence electrons. The fourth-order valence-electron chi connectivity index (χ4n) is 2.27. The molecule has 2 fully saturated rings. The molecule has 2 rings (SSSR count). The van der Waals surface area contributed by atoms with Crippen molar-refractivity contribution in [3.05, 3.63) is 0 Å². The second-order valence-electron chi connectivity index (χ2n) is 4.46. The lowest BCUT2D eigenvalue weighted by Crippen LogP contribution is -2.46. The molecule has 1 unspecified atom stereocenters. The van der Waals surface area contributed by atoms with Gasteiger partial charge < -0.3 is 15.1 Å². The molecule has 3 nitrogen and oxygen atoms in total. The molecule has 0 aromatic carbocycles. The molecule has 0 bridgehead atoms. The van der Waals surface area contributed by atoms with E-state index in [2.05, 4.69) is 22.2 Å². The zero-order valence-electron chi connectivity index (χ0n) is 9.45. The fraction of sp³-hybridized carbons (Fsp3) is 1.00. The number of rotatable bonds is 2. The first kappa shape index (κ1) is 15.5. The molecule has 0 radical (unpaired) electrons. The first-order valence-corrected chi connectivity index (χ1v) is 5.46. The monoisotopic (exact) mass is 255 g/mol. The summed E-state index contributed by atoms with van der Waals surface area (Å²) in [5.41, 5.74) is 0.